The van der Waals surface area contributed by atoms with E-state index in [4.69, 9.17) is 4.42 Å². The molecular formula is C14H22N2O3. The highest BCUT2D eigenvalue weighted by atomic mass is 16.3. The van der Waals surface area contributed by atoms with Crippen molar-refractivity contribution < 1.29 is 14.3 Å². The zero-order valence-electron chi connectivity index (χ0n) is 11.7. The Kier molecular flexibility index (Phi) is 4.27. The summed E-state index contributed by atoms with van der Waals surface area (Å²) in [5, 5.41) is 10.3. The second-order valence-electron chi connectivity index (χ2n) is 5.46. The van der Waals surface area contributed by atoms with Crippen molar-refractivity contribution in [3.63, 3.8) is 0 Å². The molecular weight excluding hydrogens is 244 g/mol. The number of piperazine rings is 1. The molecule has 5 heteroatoms. The molecule has 2 atom stereocenters. The quantitative estimate of drug-likeness (QED) is 0.900. The van der Waals surface area contributed by atoms with E-state index < -0.39 is 6.23 Å². The number of rotatable bonds is 3. The molecule has 1 fully saturated rings. The minimum atomic E-state index is -0.662. The first-order valence-corrected chi connectivity index (χ1v) is 6.75. The molecule has 0 aliphatic carbocycles. The van der Waals surface area contributed by atoms with Crippen molar-refractivity contribution in [3.8, 4) is 0 Å². The van der Waals surface area contributed by atoms with Crippen LogP contribution in [0.25, 0.3) is 0 Å². The molecule has 106 valence electrons. The van der Waals surface area contributed by atoms with E-state index in [-0.39, 0.29) is 17.9 Å². The Morgan fingerprint density at radius 2 is 2.21 bits per heavy atom. The molecule has 1 aliphatic heterocycles. The standard InChI is InChI=1S/C14H22N2O3/c1-10(2)13(17)15-5-6-16(11(3)8-15)14(18)12-4-7-19-9-12/h4,7,9-11,14,18H,5-6,8H2,1-3H3. The highest BCUT2D eigenvalue weighted by molar-refractivity contribution is 5.78. The highest BCUT2D eigenvalue weighted by Crippen LogP contribution is 2.23. The zero-order chi connectivity index (χ0) is 14.0. The lowest BCUT2D eigenvalue weighted by Crippen LogP contribution is -2.55. The van der Waals surface area contributed by atoms with E-state index in [0.29, 0.717) is 19.6 Å². The lowest BCUT2D eigenvalue weighted by atomic mass is 10.1. The fourth-order valence-electron chi connectivity index (χ4n) is 2.51. The first-order chi connectivity index (χ1) is 9.00. The van der Waals surface area contributed by atoms with Gasteiger partial charge in [-0.15, -0.1) is 0 Å². The fourth-order valence-corrected chi connectivity index (χ4v) is 2.51. The zero-order valence-corrected chi connectivity index (χ0v) is 11.7. The van der Waals surface area contributed by atoms with Crippen LogP contribution in [0.5, 0.6) is 0 Å². The number of furan rings is 1. The average Bonchev–Trinajstić information content (AvgIpc) is 2.90. The number of amides is 1. The van der Waals surface area contributed by atoms with Gasteiger partial charge in [0.05, 0.1) is 12.5 Å². The summed E-state index contributed by atoms with van der Waals surface area (Å²) in [4.78, 5) is 15.9. The van der Waals surface area contributed by atoms with Gasteiger partial charge in [-0.1, -0.05) is 13.8 Å². The largest absolute Gasteiger partial charge is 0.472 e. The second kappa shape index (κ2) is 5.75. The number of nitrogens with zero attached hydrogens (tertiary/aromatic N) is 2. The summed E-state index contributed by atoms with van der Waals surface area (Å²) < 4.78 is 5.00. The Morgan fingerprint density at radius 3 is 2.74 bits per heavy atom. The molecule has 1 saturated heterocycles. The van der Waals surface area contributed by atoms with Crippen molar-refractivity contribution in [2.45, 2.75) is 33.0 Å². The van der Waals surface area contributed by atoms with E-state index in [1.165, 1.54) is 0 Å². The van der Waals surface area contributed by atoms with E-state index in [2.05, 4.69) is 0 Å². The second-order valence-corrected chi connectivity index (χ2v) is 5.46. The number of hydrogen-bond donors (Lipinski definition) is 1. The fraction of sp³-hybridized carbons (Fsp3) is 0.643. The van der Waals surface area contributed by atoms with Gasteiger partial charge in [0, 0.05) is 37.2 Å². The molecule has 0 saturated carbocycles. The summed E-state index contributed by atoms with van der Waals surface area (Å²) in [5.74, 6) is 0.210. The number of hydrogen-bond acceptors (Lipinski definition) is 4. The first-order valence-electron chi connectivity index (χ1n) is 6.75. The number of carbonyl (C=O) groups is 1. The first kappa shape index (κ1) is 14.1. The number of aliphatic hydroxyl groups is 1. The van der Waals surface area contributed by atoms with Crippen LogP contribution in [-0.2, 0) is 4.79 Å². The third kappa shape index (κ3) is 2.98. The Bertz CT molecular complexity index is 416. The minimum Gasteiger partial charge on any atom is -0.472 e. The lowest BCUT2D eigenvalue weighted by molar-refractivity contribution is -0.140. The third-order valence-corrected chi connectivity index (χ3v) is 3.64. The molecule has 2 heterocycles. The molecule has 0 bridgehead atoms. The minimum absolute atomic E-state index is 0.0255. The van der Waals surface area contributed by atoms with Crippen LogP contribution in [0.3, 0.4) is 0 Å². The van der Waals surface area contributed by atoms with E-state index in [0.717, 1.165) is 5.56 Å². The van der Waals surface area contributed by atoms with Crippen LogP contribution in [0.15, 0.2) is 23.0 Å². The molecule has 0 spiro atoms. The third-order valence-electron chi connectivity index (χ3n) is 3.64. The Hall–Kier alpha value is -1.33. The van der Waals surface area contributed by atoms with Crippen LogP contribution in [0.1, 0.15) is 32.6 Å². The van der Waals surface area contributed by atoms with Gasteiger partial charge in [0.15, 0.2) is 0 Å². The maximum atomic E-state index is 12.0. The summed E-state index contributed by atoms with van der Waals surface area (Å²) in [5.41, 5.74) is 0.760. The van der Waals surface area contributed by atoms with Gasteiger partial charge in [0.1, 0.15) is 6.23 Å². The van der Waals surface area contributed by atoms with Crippen LogP contribution in [0.4, 0.5) is 0 Å². The summed E-state index contributed by atoms with van der Waals surface area (Å²) in [6, 6.07) is 1.89. The maximum Gasteiger partial charge on any atom is 0.225 e. The van der Waals surface area contributed by atoms with Gasteiger partial charge in [-0.3, -0.25) is 9.69 Å². The molecule has 1 amide bonds. The molecule has 19 heavy (non-hydrogen) atoms. The van der Waals surface area contributed by atoms with Crippen LogP contribution in [-0.4, -0.2) is 46.5 Å². The monoisotopic (exact) mass is 266 g/mol. The Morgan fingerprint density at radius 1 is 1.47 bits per heavy atom. The van der Waals surface area contributed by atoms with Crippen LogP contribution < -0.4 is 0 Å². The smallest absolute Gasteiger partial charge is 0.225 e. The van der Waals surface area contributed by atoms with Crippen LogP contribution in [0, 0.1) is 5.92 Å². The number of carbonyl (C=O) groups excluding carboxylic acids is 1. The summed E-state index contributed by atoms with van der Waals surface area (Å²) in [7, 11) is 0. The molecule has 5 nitrogen and oxygen atoms in total. The Balaban J connectivity index is 1.99. The van der Waals surface area contributed by atoms with Crippen LogP contribution in [0.2, 0.25) is 0 Å². The van der Waals surface area contributed by atoms with Crippen molar-refractivity contribution in [1.82, 2.24) is 9.80 Å². The van der Waals surface area contributed by atoms with Crippen LogP contribution >= 0.6 is 0 Å². The molecule has 1 N–H and O–H groups in total. The van der Waals surface area contributed by atoms with Crippen molar-refractivity contribution in [1.29, 1.82) is 0 Å². The maximum absolute atomic E-state index is 12.0. The number of aliphatic hydroxyl groups excluding tert-OH is 1. The molecule has 1 aromatic rings. The topological polar surface area (TPSA) is 56.9 Å². The highest BCUT2D eigenvalue weighted by Gasteiger charge is 2.31. The van der Waals surface area contributed by atoms with Crippen molar-refractivity contribution >= 4 is 5.91 Å². The van der Waals surface area contributed by atoms with E-state index in [1.54, 1.807) is 18.6 Å². The van der Waals surface area contributed by atoms with Crippen molar-refractivity contribution in [2.75, 3.05) is 19.6 Å². The SMILES string of the molecule is CC(C)C(=O)N1CCN(C(O)c2ccoc2)C(C)C1. The van der Waals surface area contributed by atoms with E-state index in [9.17, 15) is 9.90 Å². The van der Waals surface area contributed by atoms with Crippen molar-refractivity contribution in [2.24, 2.45) is 5.92 Å². The summed E-state index contributed by atoms with van der Waals surface area (Å²) in [6.07, 6.45) is 2.45. The predicted octanol–water partition coefficient (Wildman–Crippen LogP) is 1.46. The lowest BCUT2D eigenvalue weighted by Gasteiger charge is -2.42. The van der Waals surface area contributed by atoms with Gasteiger partial charge in [-0.2, -0.15) is 0 Å². The molecule has 0 aromatic carbocycles. The van der Waals surface area contributed by atoms with Gasteiger partial charge < -0.3 is 14.4 Å². The van der Waals surface area contributed by atoms with Gasteiger partial charge in [0.25, 0.3) is 0 Å². The predicted molar refractivity (Wildman–Crippen MR) is 71.3 cm³/mol. The molecule has 2 rings (SSSR count). The molecule has 1 aliphatic rings. The van der Waals surface area contributed by atoms with Gasteiger partial charge in [-0.25, -0.2) is 0 Å². The van der Waals surface area contributed by atoms with E-state index in [1.807, 2.05) is 30.6 Å². The van der Waals surface area contributed by atoms with Crippen molar-refractivity contribution in [3.05, 3.63) is 24.2 Å². The summed E-state index contributed by atoms with van der Waals surface area (Å²) >= 11 is 0. The van der Waals surface area contributed by atoms with Gasteiger partial charge in [0.2, 0.25) is 5.91 Å². The molecule has 0 radical (unpaired) electrons. The average molecular weight is 266 g/mol. The van der Waals surface area contributed by atoms with Gasteiger partial charge in [-0.05, 0) is 13.0 Å². The van der Waals surface area contributed by atoms with E-state index >= 15 is 0 Å². The molecule has 2 unspecified atom stereocenters. The van der Waals surface area contributed by atoms with Gasteiger partial charge >= 0.3 is 0 Å². The Labute approximate surface area is 113 Å². The normalized spacial score (nSPS) is 22.8. The summed E-state index contributed by atoms with van der Waals surface area (Å²) in [6.45, 7) is 7.86. The molecule has 1 aromatic heterocycles.